The number of pyridine rings is 1. The van der Waals surface area contributed by atoms with E-state index < -0.39 is 5.54 Å². The zero-order chi connectivity index (χ0) is 20.3. The number of benzene rings is 1. The molecule has 0 aliphatic carbocycles. The van der Waals surface area contributed by atoms with Crippen LogP contribution in [0.3, 0.4) is 0 Å². The van der Waals surface area contributed by atoms with E-state index in [2.05, 4.69) is 41.2 Å². The lowest BCUT2D eigenvalue weighted by Gasteiger charge is -2.37. The number of halogens is 1. The number of hydrogen-bond donors (Lipinski definition) is 1. The number of para-hydroxylation sites is 1. The summed E-state index contributed by atoms with van der Waals surface area (Å²) in [7, 11) is 0. The highest BCUT2D eigenvalue weighted by atomic mass is 19.1. The quantitative estimate of drug-likeness (QED) is 0.804. The number of amides is 1. The van der Waals surface area contributed by atoms with Crippen molar-refractivity contribution in [3.63, 3.8) is 0 Å². The Morgan fingerprint density at radius 1 is 1.39 bits per heavy atom. The summed E-state index contributed by atoms with van der Waals surface area (Å²) in [6, 6.07) is 6.46. The molecule has 5 nitrogen and oxygen atoms in total. The predicted octanol–water partition coefficient (Wildman–Crippen LogP) is 4.38. The molecule has 0 radical (unpaired) electrons. The van der Waals surface area contributed by atoms with E-state index in [1.54, 1.807) is 18.2 Å². The second-order valence-corrected chi connectivity index (χ2v) is 8.48. The lowest BCUT2D eigenvalue weighted by atomic mass is 9.89. The number of nitrogens with one attached hydrogen (secondary N) is 1. The normalized spacial score (nSPS) is 16.8. The molecule has 1 aromatic carbocycles. The van der Waals surface area contributed by atoms with Crippen LogP contribution in [0.15, 0.2) is 35.6 Å². The van der Waals surface area contributed by atoms with Crippen molar-refractivity contribution in [1.29, 1.82) is 0 Å². The van der Waals surface area contributed by atoms with E-state index in [4.69, 9.17) is 0 Å². The Kier molecular flexibility index (Phi) is 5.96. The van der Waals surface area contributed by atoms with E-state index in [1.807, 2.05) is 6.92 Å². The summed E-state index contributed by atoms with van der Waals surface area (Å²) in [5.41, 5.74) is 1.42. The molecule has 1 aliphatic heterocycles. The molecule has 0 saturated carbocycles. The van der Waals surface area contributed by atoms with Crippen LogP contribution in [0, 0.1) is 11.7 Å². The van der Waals surface area contributed by atoms with E-state index >= 15 is 0 Å². The van der Waals surface area contributed by atoms with Gasteiger partial charge in [-0.15, -0.1) is 0 Å². The molecule has 0 saturated heterocycles. The Labute approximate surface area is 166 Å². The van der Waals surface area contributed by atoms with Gasteiger partial charge in [0, 0.05) is 23.8 Å². The maximum atomic E-state index is 13.8. The molecule has 1 unspecified atom stereocenters. The first kappa shape index (κ1) is 20.2. The monoisotopic (exact) mass is 384 g/mol. The summed E-state index contributed by atoms with van der Waals surface area (Å²) in [4.78, 5) is 17.1. The molecular formula is C22H29FN4O. The summed E-state index contributed by atoms with van der Waals surface area (Å²) in [6.45, 7) is 9.97. The topological polar surface area (TPSA) is 57.6 Å². The molecule has 2 heterocycles. The molecule has 1 N–H and O–H groups in total. The van der Waals surface area contributed by atoms with Gasteiger partial charge in [0.15, 0.2) is 0 Å². The van der Waals surface area contributed by atoms with Gasteiger partial charge < -0.3 is 5.32 Å². The number of rotatable bonds is 6. The third-order valence-electron chi connectivity index (χ3n) is 5.00. The van der Waals surface area contributed by atoms with Gasteiger partial charge in [-0.25, -0.2) is 4.39 Å². The average Bonchev–Trinajstić information content (AvgIpc) is 2.60. The fraction of sp³-hybridized carbons (Fsp3) is 0.500. The molecule has 2 aromatic rings. The minimum absolute atomic E-state index is 0.195. The van der Waals surface area contributed by atoms with Crippen LogP contribution in [0.4, 0.5) is 4.39 Å². The molecule has 0 bridgehead atoms. The van der Waals surface area contributed by atoms with E-state index in [9.17, 15) is 9.18 Å². The lowest BCUT2D eigenvalue weighted by molar-refractivity contribution is 0.0852. The zero-order valence-electron chi connectivity index (χ0n) is 17.1. The summed E-state index contributed by atoms with van der Waals surface area (Å²) >= 11 is 0. The van der Waals surface area contributed by atoms with Crippen LogP contribution >= 0.6 is 0 Å². The number of fused-ring (bicyclic) bond motifs is 1. The molecule has 0 fully saturated rings. The highest BCUT2D eigenvalue weighted by molar-refractivity contribution is 5.97. The third-order valence-corrected chi connectivity index (χ3v) is 5.00. The molecule has 1 aromatic heterocycles. The summed E-state index contributed by atoms with van der Waals surface area (Å²) in [5.74, 6) is -0.157. The smallest absolute Gasteiger partial charge is 0.253 e. The SMILES string of the molecule is CC1=NN(CC(C)(CC(C)C)NC(=O)c2cnc3c(F)cccc3c2)CCC1. The second kappa shape index (κ2) is 8.25. The largest absolute Gasteiger partial charge is 0.345 e. The van der Waals surface area contributed by atoms with Gasteiger partial charge in [0.2, 0.25) is 0 Å². The number of carbonyl (C=O) groups is 1. The number of carbonyl (C=O) groups excluding carboxylic acids is 1. The van der Waals surface area contributed by atoms with Crippen molar-refractivity contribution < 1.29 is 9.18 Å². The molecule has 150 valence electrons. The van der Waals surface area contributed by atoms with Gasteiger partial charge in [-0.3, -0.25) is 14.8 Å². The molecule has 6 heteroatoms. The maximum Gasteiger partial charge on any atom is 0.253 e. The average molecular weight is 384 g/mol. The first-order valence-electron chi connectivity index (χ1n) is 9.91. The van der Waals surface area contributed by atoms with Crippen molar-refractivity contribution in [3.05, 3.63) is 41.8 Å². The summed E-state index contributed by atoms with van der Waals surface area (Å²) in [5, 5.41) is 10.5. The van der Waals surface area contributed by atoms with Gasteiger partial charge in [0.25, 0.3) is 5.91 Å². The Bertz CT molecular complexity index is 895. The molecular weight excluding hydrogens is 355 g/mol. The Morgan fingerprint density at radius 2 is 2.18 bits per heavy atom. The van der Waals surface area contributed by atoms with Gasteiger partial charge in [-0.1, -0.05) is 26.0 Å². The van der Waals surface area contributed by atoms with Crippen LogP contribution in [0.25, 0.3) is 10.9 Å². The van der Waals surface area contributed by atoms with E-state index in [1.165, 1.54) is 12.3 Å². The van der Waals surface area contributed by atoms with Crippen molar-refractivity contribution in [2.45, 2.75) is 52.5 Å². The first-order valence-corrected chi connectivity index (χ1v) is 9.91. The van der Waals surface area contributed by atoms with Crippen molar-refractivity contribution >= 4 is 22.5 Å². The van der Waals surface area contributed by atoms with Gasteiger partial charge in [0.1, 0.15) is 11.3 Å². The van der Waals surface area contributed by atoms with Crippen LogP contribution < -0.4 is 5.32 Å². The molecule has 1 amide bonds. The van der Waals surface area contributed by atoms with Crippen molar-refractivity contribution in [1.82, 2.24) is 15.3 Å². The third kappa shape index (κ3) is 4.86. The number of nitrogens with zero attached hydrogens (tertiary/aromatic N) is 3. The Balaban J connectivity index is 1.81. The standard InChI is InChI=1S/C22H29FN4O/c1-15(2)12-22(4,14-27-10-6-7-16(3)26-27)25-21(28)18-11-17-8-5-9-19(23)20(17)24-13-18/h5,8-9,11,13,15H,6-7,10,12,14H2,1-4H3,(H,25,28). The predicted molar refractivity (Wildman–Crippen MR) is 111 cm³/mol. The minimum Gasteiger partial charge on any atom is -0.345 e. The van der Waals surface area contributed by atoms with E-state index in [-0.39, 0.29) is 17.2 Å². The van der Waals surface area contributed by atoms with Crippen LogP contribution in [0.5, 0.6) is 0 Å². The van der Waals surface area contributed by atoms with Crippen molar-refractivity contribution in [2.75, 3.05) is 13.1 Å². The van der Waals surface area contributed by atoms with Crippen molar-refractivity contribution in [2.24, 2.45) is 11.0 Å². The van der Waals surface area contributed by atoms with Crippen LogP contribution in [-0.2, 0) is 0 Å². The van der Waals surface area contributed by atoms with Crippen LogP contribution in [0.1, 0.15) is 57.3 Å². The maximum absolute atomic E-state index is 13.8. The molecule has 0 spiro atoms. The van der Waals surface area contributed by atoms with Crippen molar-refractivity contribution in [3.8, 4) is 0 Å². The molecule has 28 heavy (non-hydrogen) atoms. The Morgan fingerprint density at radius 3 is 2.89 bits per heavy atom. The Hall–Kier alpha value is -2.50. The van der Waals surface area contributed by atoms with E-state index in [0.29, 0.717) is 23.4 Å². The van der Waals surface area contributed by atoms with Crippen LogP contribution in [0.2, 0.25) is 0 Å². The lowest BCUT2D eigenvalue weighted by Crippen LogP contribution is -2.54. The molecule has 1 atom stereocenters. The zero-order valence-corrected chi connectivity index (χ0v) is 17.1. The molecule has 3 rings (SSSR count). The number of aromatic nitrogens is 1. The fourth-order valence-electron chi connectivity index (χ4n) is 4.03. The fourth-order valence-corrected chi connectivity index (χ4v) is 4.03. The summed E-state index contributed by atoms with van der Waals surface area (Å²) < 4.78 is 13.8. The highest BCUT2D eigenvalue weighted by Crippen LogP contribution is 2.22. The van der Waals surface area contributed by atoms with Crippen LogP contribution in [-0.4, -0.2) is 40.2 Å². The summed E-state index contributed by atoms with van der Waals surface area (Å²) in [6.07, 6.45) is 4.39. The second-order valence-electron chi connectivity index (χ2n) is 8.48. The number of hydrazone groups is 1. The molecule has 1 aliphatic rings. The minimum atomic E-state index is -0.427. The van der Waals surface area contributed by atoms with E-state index in [0.717, 1.165) is 31.5 Å². The van der Waals surface area contributed by atoms with Gasteiger partial charge in [-0.05, 0) is 51.2 Å². The van der Waals surface area contributed by atoms with Gasteiger partial charge >= 0.3 is 0 Å². The number of hydrogen-bond acceptors (Lipinski definition) is 4. The van der Waals surface area contributed by atoms with Gasteiger partial charge in [-0.2, -0.15) is 5.10 Å². The van der Waals surface area contributed by atoms with Gasteiger partial charge in [0.05, 0.1) is 17.6 Å². The first-order chi connectivity index (χ1) is 13.3. The highest BCUT2D eigenvalue weighted by Gasteiger charge is 2.31.